The average Bonchev–Trinajstić information content (AvgIpc) is 3.19. The predicted molar refractivity (Wildman–Crippen MR) is 107 cm³/mol. The van der Waals surface area contributed by atoms with E-state index in [4.69, 9.17) is 4.74 Å². The number of benzene rings is 2. The van der Waals surface area contributed by atoms with Gasteiger partial charge in [-0.05, 0) is 60.9 Å². The smallest absolute Gasteiger partial charge is 0.240 e. The van der Waals surface area contributed by atoms with Crippen molar-refractivity contribution in [2.45, 2.75) is 24.7 Å². The van der Waals surface area contributed by atoms with Gasteiger partial charge in [-0.25, -0.2) is 13.1 Å². The third-order valence-corrected chi connectivity index (χ3v) is 6.46. The van der Waals surface area contributed by atoms with Crippen LogP contribution in [0.2, 0.25) is 0 Å². The van der Waals surface area contributed by atoms with Crippen LogP contribution in [0.15, 0.2) is 41.3 Å². The molecule has 1 aromatic heterocycles. The molecule has 0 unspecified atom stereocenters. The molecule has 4 rings (SSSR count). The molecule has 8 heteroatoms. The number of aromatic amines is 1. The highest BCUT2D eigenvalue weighted by atomic mass is 32.2. The third-order valence-electron chi connectivity index (χ3n) is 5.01. The topological polar surface area (TPSA) is 100 Å². The van der Waals surface area contributed by atoms with Gasteiger partial charge in [-0.3, -0.25) is 4.79 Å². The molecule has 2 heterocycles. The Morgan fingerprint density at radius 3 is 2.79 bits per heavy atom. The Labute approximate surface area is 163 Å². The Morgan fingerprint density at radius 2 is 2.00 bits per heavy atom. The van der Waals surface area contributed by atoms with Gasteiger partial charge >= 0.3 is 0 Å². The predicted octanol–water partition coefficient (Wildman–Crippen LogP) is 2.50. The fourth-order valence-electron chi connectivity index (χ4n) is 3.58. The SMILES string of the molecule is COc1ccc2[nH]c(C)c(CCNS(=O)(=O)c3ccc4c(c3)CC(=O)N4)c2c1. The van der Waals surface area contributed by atoms with E-state index < -0.39 is 10.0 Å². The fraction of sp³-hybridized carbons (Fsp3) is 0.250. The number of rotatable bonds is 6. The molecule has 0 fully saturated rings. The first-order valence-corrected chi connectivity index (χ1v) is 10.4. The van der Waals surface area contributed by atoms with Gasteiger partial charge in [0.05, 0.1) is 18.4 Å². The van der Waals surface area contributed by atoms with E-state index in [0.717, 1.165) is 27.9 Å². The van der Waals surface area contributed by atoms with Crippen LogP contribution in [0.1, 0.15) is 16.8 Å². The standard InChI is InChI=1S/C20H21N3O4S/c1-12-16(17-11-14(27-2)3-5-19(17)22-12)7-8-21-28(25,26)15-4-6-18-13(9-15)10-20(24)23-18/h3-6,9,11,21-22H,7-8,10H2,1-2H3,(H,23,24). The van der Waals surface area contributed by atoms with Crippen LogP contribution in [-0.4, -0.2) is 33.0 Å². The number of amides is 1. The number of aryl methyl sites for hydroxylation is 1. The number of hydrogen-bond donors (Lipinski definition) is 3. The molecule has 1 amide bonds. The molecule has 0 radical (unpaired) electrons. The normalized spacial score (nSPS) is 13.6. The molecule has 0 aliphatic carbocycles. The van der Waals surface area contributed by atoms with Gasteiger partial charge < -0.3 is 15.0 Å². The van der Waals surface area contributed by atoms with E-state index in [0.29, 0.717) is 17.7 Å². The number of methoxy groups -OCH3 is 1. The van der Waals surface area contributed by atoms with E-state index in [1.165, 1.54) is 6.07 Å². The van der Waals surface area contributed by atoms with Gasteiger partial charge in [0.1, 0.15) is 5.75 Å². The van der Waals surface area contributed by atoms with Crippen molar-refractivity contribution < 1.29 is 17.9 Å². The zero-order valence-corrected chi connectivity index (χ0v) is 16.4. The molecule has 0 saturated carbocycles. The molecule has 0 bridgehead atoms. The summed E-state index contributed by atoms with van der Waals surface area (Å²) in [4.78, 5) is 14.9. The summed E-state index contributed by atoms with van der Waals surface area (Å²) in [5.74, 6) is 0.636. The first-order chi connectivity index (χ1) is 13.4. The van der Waals surface area contributed by atoms with Gasteiger partial charge in [-0.1, -0.05) is 0 Å². The quantitative estimate of drug-likeness (QED) is 0.593. The van der Waals surface area contributed by atoms with Crippen molar-refractivity contribution in [2.24, 2.45) is 0 Å². The lowest BCUT2D eigenvalue weighted by Crippen LogP contribution is -2.26. The second kappa shape index (κ2) is 6.96. The maximum Gasteiger partial charge on any atom is 0.240 e. The summed E-state index contributed by atoms with van der Waals surface area (Å²) in [6, 6.07) is 10.5. The first kappa shape index (κ1) is 18.5. The van der Waals surface area contributed by atoms with E-state index in [1.54, 1.807) is 19.2 Å². The second-order valence-electron chi connectivity index (χ2n) is 6.83. The van der Waals surface area contributed by atoms with Gasteiger partial charge in [0, 0.05) is 28.8 Å². The van der Waals surface area contributed by atoms with E-state index in [9.17, 15) is 13.2 Å². The molecule has 0 saturated heterocycles. The van der Waals surface area contributed by atoms with Crippen LogP contribution in [0.25, 0.3) is 10.9 Å². The summed E-state index contributed by atoms with van der Waals surface area (Å²) in [6.45, 7) is 2.24. The van der Waals surface area contributed by atoms with Crippen molar-refractivity contribution in [1.29, 1.82) is 0 Å². The van der Waals surface area contributed by atoms with Crippen molar-refractivity contribution in [3.05, 3.63) is 53.2 Å². The Kier molecular flexibility index (Phi) is 4.60. The molecule has 1 aliphatic heterocycles. The molecular weight excluding hydrogens is 378 g/mol. The molecule has 146 valence electrons. The van der Waals surface area contributed by atoms with Crippen LogP contribution in [0.3, 0.4) is 0 Å². The van der Waals surface area contributed by atoms with Gasteiger partial charge in [0.25, 0.3) is 0 Å². The molecule has 1 aliphatic rings. The lowest BCUT2D eigenvalue weighted by molar-refractivity contribution is -0.115. The first-order valence-electron chi connectivity index (χ1n) is 8.95. The van der Waals surface area contributed by atoms with Crippen molar-refractivity contribution in [3.63, 3.8) is 0 Å². The molecule has 2 aromatic carbocycles. The maximum absolute atomic E-state index is 12.6. The third kappa shape index (κ3) is 3.36. The number of anilines is 1. The molecule has 3 N–H and O–H groups in total. The zero-order valence-electron chi connectivity index (χ0n) is 15.6. The Morgan fingerprint density at radius 1 is 1.18 bits per heavy atom. The van der Waals surface area contributed by atoms with Crippen molar-refractivity contribution in [1.82, 2.24) is 9.71 Å². The van der Waals surface area contributed by atoms with E-state index in [-0.39, 0.29) is 23.8 Å². The minimum atomic E-state index is -3.66. The van der Waals surface area contributed by atoms with Crippen LogP contribution in [-0.2, 0) is 27.7 Å². The van der Waals surface area contributed by atoms with Crippen LogP contribution < -0.4 is 14.8 Å². The van der Waals surface area contributed by atoms with Gasteiger partial charge in [-0.15, -0.1) is 0 Å². The van der Waals surface area contributed by atoms with Crippen molar-refractivity contribution in [2.75, 3.05) is 19.0 Å². The highest BCUT2D eigenvalue weighted by Crippen LogP contribution is 2.27. The summed E-state index contributed by atoms with van der Waals surface area (Å²) in [5, 5.41) is 3.73. The minimum Gasteiger partial charge on any atom is -0.497 e. The van der Waals surface area contributed by atoms with Gasteiger partial charge in [0.2, 0.25) is 15.9 Å². The molecule has 0 spiro atoms. The number of nitrogens with one attached hydrogen (secondary N) is 3. The number of H-pyrrole nitrogens is 1. The highest BCUT2D eigenvalue weighted by molar-refractivity contribution is 7.89. The van der Waals surface area contributed by atoms with Crippen molar-refractivity contribution in [3.8, 4) is 5.75 Å². The largest absolute Gasteiger partial charge is 0.497 e. The van der Waals surface area contributed by atoms with Crippen LogP contribution in [0.5, 0.6) is 5.75 Å². The van der Waals surface area contributed by atoms with E-state index in [1.807, 2.05) is 25.1 Å². The lowest BCUT2D eigenvalue weighted by atomic mass is 10.1. The van der Waals surface area contributed by atoms with Gasteiger partial charge in [0.15, 0.2) is 0 Å². The summed E-state index contributed by atoms with van der Waals surface area (Å²) in [6.07, 6.45) is 0.748. The molecular formula is C20H21N3O4S. The summed E-state index contributed by atoms with van der Waals surface area (Å²) < 4.78 is 33.2. The Hall–Kier alpha value is -2.84. The maximum atomic E-state index is 12.6. The van der Waals surface area contributed by atoms with Crippen LogP contribution >= 0.6 is 0 Å². The second-order valence-corrected chi connectivity index (χ2v) is 8.60. The zero-order chi connectivity index (χ0) is 19.9. The van der Waals surface area contributed by atoms with E-state index in [2.05, 4.69) is 15.0 Å². The Balaban J connectivity index is 1.51. The average molecular weight is 399 g/mol. The highest BCUT2D eigenvalue weighted by Gasteiger charge is 2.22. The summed E-state index contributed by atoms with van der Waals surface area (Å²) in [5.41, 5.74) is 4.43. The summed E-state index contributed by atoms with van der Waals surface area (Å²) >= 11 is 0. The molecule has 7 nitrogen and oxygen atoms in total. The number of ether oxygens (including phenoxy) is 1. The Bertz CT molecular complexity index is 1180. The minimum absolute atomic E-state index is 0.122. The van der Waals surface area contributed by atoms with Crippen LogP contribution in [0.4, 0.5) is 5.69 Å². The number of sulfonamides is 1. The van der Waals surface area contributed by atoms with Crippen molar-refractivity contribution >= 4 is 32.5 Å². The monoisotopic (exact) mass is 399 g/mol. The number of hydrogen-bond acceptors (Lipinski definition) is 4. The molecule has 0 atom stereocenters. The molecule has 28 heavy (non-hydrogen) atoms. The number of carbonyl (C=O) groups is 1. The fourth-order valence-corrected chi connectivity index (χ4v) is 4.66. The lowest BCUT2D eigenvalue weighted by Gasteiger charge is -2.09. The number of aromatic nitrogens is 1. The van der Waals surface area contributed by atoms with Crippen LogP contribution in [0, 0.1) is 6.92 Å². The number of fused-ring (bicyclic) bond motifs is 2. The summed E-state index contributed by atoms with van der Waals surface area (Å²) in [7, 11) is -2.04. The van der Waals surface area contributed by atoms with Gasteiger partial charge in [-0.2, -0.15) is 0 Å². The number of carbonyl (C=O) groups excluding carboxylic acids is 1. The molecule has 3 aromatic rings. The van der Waals surface area contributed by atoms with E-state index >= 15 is 0 Å².